The Morgan fingerprint density at radius 2 is 1.36 bits per heavy atom. The fourth-order valence-electron chi connectivity index (χ4n) is 2.51. The van der Waals surface area contributed by atoms with Crippen LogP contribution in [-0.4, -0.2) is 12.6 Å². The summed E-state index contributed by atoms with van der Waals surface area (Å²) in [4.78, 5) is -0.254. The second kappa shape index (κ2) is 7.81. The molecule has 146 valence electrons. The summed E-state index contributed by atoms with van der Waals surface area (Å²) in [5.41, 5.74) is -1.56. The van der Waals surface area contributed by atoms with Crippen LogP contribution in [0.25, 0.3) is 0 Å². The molecule has 2 unspecified atom stereocenters. The molecule has 0 spiro atoms. The zero-order valence-corrected chi connectivity index (χ0v) is 16.5. The van der Waals surface area contributed by atoms with Gasteiger partial charge >= 0.3 is 0 Å². The van der Waals surface area contributed by atoms with Crippen molar-refractivity contribution in [3.05, 3.63) is 95.8 Å². The average molecular weight is 421 g/mol. The molecular weight excluding hydrogens is 404 g/mol. The van der Waals surface area contributed by atoms with Gasteiger partial charge in [-0.1, -0.05) is 51.8 Å². The molecule has 0 radical (unpaired) electrons. The van der Waals surface area contributed by atoms with Crippen molar-refractivity contribution in [2.24, 2.45) is 3.77 Å². The highest BCUT2D eigenvalue weighted by Crippen LogP contribution is 2.34. The second-order valence-electron chi connectivity index (χ2n) is 6.11. The zero-order chi connectivity index (χ0) is 20.4. The lowest BCUT2D eigenvalue weighted by atomic mass is 10.2. The van der Waals surface area contributed by atoms with E-state index in [4.69, 9.17) is 0 Å². The molecule has 0 amide bonds. The van der Waals surface area contributed by atoms with Crippen LogP contribution < -0.4 is 0 Å². The molecule has 0 fully saturated rings. The van der Waals surface area contributed by atoms with E-state index in [1.165, 1.54) is 36.4 Å². The van der Waals surface area contributed by atoms with Crippen molar-refractivity contribution in [1.82, 2.24) is 0 Å². The molecule has 0 N–H and O–H groups in total. The summed E-state index contributed by atoms with van der Waals surface area (Å²) in [5, 5.41) is 0. The van der Waals surface area contributed by atoms with Crippen molar-refractivity contribution in [3.63, 3.8) is 0 Å². The summed E-state index contributed by atoms with van der Waals surface area (Å²) in [6.07, 6.45) is 0. The molecule has 0 saturated carbocycles. The third-order valence-corrected chi connectivity index (χ3v) is 8.34. The van der Waals surface area contributed by atoms with Crippen LogP contribution in [0.4, 0.5) is 8.78 Å². The first kappa shape index (κ1) is 20.2. The van der Waals surface area contributed by atoms with Gasteiger partial charge in [0.05, 0.1) is 9.79 Å². The summed E-state index contributed by atoms with van der Waals surface area (Å²) in [7, 11) is -8.49. The summed E-state index contributed by atoms with van der Waals surface area (Å²) in [6, 6.07) is 17.4. The topological polar surface area (TPSA) is 63.6 Å². The predicted octanol–water partition coefficient (Wildman–Crippen LogP) is 5.02. The highest BCUT2D eigenvalue weighted by molar-refractivity contribution is 8.03. The number of sulfonamides is 1. The van der Waals surface area contributed by atoms with Crippen LogP contribution in [0.5, 0.6) is 0 Å². The number of hydrogen-bond donors (Lipinski definition) is 0. The van der Waals surface area contributed by atoms with Crippen LogP contribution in [0.2, 0.25) is 0 Å². The van der Waals surface area contributed by atoms with Crippen LogP contribution in [0.1, 0.15) is 16.6 Å². The predicted molar refractivity (Wildman–Crippen MR) is 104 cm³/mol. The van der Waals surface area contributed by atoms with E-state index in [0.29, 0.717) is 0 Å². The van der Waals surface area contributed by atoms with Gasteiger partial charge in [0, 0.05) is 5.56 Å². The van der Waals surface area contributed by atoms with E-state index >= 15 is 4.39 Å². The normalized spacial score (nSPS) is 14.8. The summed E-state index contributed by atoms with van der Waals surface area (Å²) >= 11 is 0. The number of halogens is 2. The molecule has 0 aliphatic rings. The van der Waals surface area contributed by atoms with E-state index < -0.39 is 31.1 Å². The third-order valence-electron chi connectivity index (χ3n) is 4.02. The van der Waals surface area contributed by atoms with Gasteiger partial charge < -0.3 is 0 Å². The summed E-state index contributed by atoms with van der Waals surface area (Å²) in [5.74, 6) is -0.591. The molecule has 3 aromatic rings. The second-order valence-corrected chi connectivity index (χ2v) is 10.2. The van der Waals surface area contributed by atoms with Crippen molar-refractivity contribution in [2.45, 2.75) is 22.2 Å². The standard InChI is InChI=1S/C20H17F2NO3S2/c1-15-7-13-19(14-8-15)28(25,26)23-27(24,18-5-3-2-4-6-18)20(22)16-9-11-17(21)12-10-16/h2-14,20H,1H3. The minimum atomic E-state index is -4.41. The van der Waals surface area contributed by atoms with Gasteiger partial charge in [-0.05, 0) is 43.3 Å². The van der Waals surface area contributed by atoms with Gasteiger partial charge in [0.1, 0.15) is 15.5 Å². The lowest BCUT2D eigenvalue weighted by Crippen LogP contribution is -2.13. The SMILES string of the molecule is Cc1ccc(S(=O)(=O)N=S(=O)(c2ccccc2)C(F)c2ccc(F)cc2)cc1. The molecule has 0 aliphatic heterocycles. The van der Waals surface area contributed by atoms with Gasteiger partial charge in [-0.3, -0.25) is 0 Å². The number of rotatable bonds is 5. The Bertz CT molecular complexity index is 1180. The van der Waals surface area contributed by atoms with Crippen LogP contribution in [0.15, 0.2) is 92.4 Å². The minimum absolute atomic E-state index is 0.0671. The van der Waals surface area contributed by atoms with E-state index in [9.17, 15) is 17.0 Å². The lowest BCUT2D eigenvalue weighted by molar-refractivity contribution is 0.449. The van der Waals surface area contributed by atoms with Gasteiger partial charge in [0.15, 0.2) is 0 Å². The Balaban J connectivity index is 2.22. The number of nitrogens with zero attached hydrogens (tertiary/aromatic N) is 1. The van der Waals surface area contributed by atoms with Crippen molar-refractivity contribution in [1.29, 1.82) is 0 Å². The van der Waals surface area contributed by atoms with Crippen molar-refractivity contribution in [3.8, 4) is 0 Å². The molecule has 2 atom stereocenters. The monoisotopic (exact) mass is 421 g/mol. The van der Waals surface area contributed by atoms with Crippen molar-refractivity contribution >= 4 is 19.8 Å². The lowest BCUT2D eigenvalue weighted by Gasteiger charge is -2.16. The minimum Gasteiger partial charge on any atom is -0.240 e. The highest BCUT2D eigenvalue weighted by Gasteiger charge is 2.30. The molecule has 3 aromatic carbocycles. The molecule has 0 aliphatic carbocycles. The largest absolute Gasteiger partial charge is 0.290 e. The van der Waals surface area contributed by atoms with E-state index in [1.54, 1.807) is 25.1 Å². The van der Waals surface area contributed by atoms with Gasteiger partial charge in [0.25, 0.3) is 10.0 Å². The first-order valence-corrected chi connectivity index (χ1v) is 11.3. The maximum Gasteiger partial charge on any atom is 0.290 e. The number of alkyl halides is 1. The van der Waals surface area contributed by atoms with Gasteiger partial charge in [-0.15, -0.1) is 0 Å². The fraction of sp³-hybridized carbons (Fsp3) is 0.100. The maximum atomic E-state index is 15.4. The zero-order valence-electron chi connectivity index (χ0n) is 14.8. The molecular formula is C20H17F2NO3S2. The van der Waals surface area contributed by atoms with Crippen LogP contribution in [0, 0.1) is 12.7 Å². The fourth-order valence-corrected chi connectivity index (χ4v) is 6.46. The summed E-state index contributed by atoms with van der Waals surface area (Å²) in [6.45, 7) is 1.78. The molecule has 8 heteroatoms. The van der Waals surface area contributed by atoms with E-state index in [-0.39, 0.29) is 15.4 Å². The van der Waals surface area contributed by atoms with Crippen LogP contribution in [-0.2, 0) is 19.8 Å². The maximum absolute atomic E-state index is 15.4. The van der Waals surface area contributed by atoms with E-state index in [0.717, 1.165) is 29.8 Å². The highest BCUT2D eigenvalue weighted by atomic mass is 32.3. The van der Waals surface area contributed by atoms with Crippen LogP contribution in [0.3, 0.4) is 0 Å². The number of aryl methyl sites for hydroxylation is 1. The Kier molecular flexibility index (Phi) is 5.62. The summed E-state index contributed by atoms with van der Waals surface area (Å²) < 4.78 is 71.2. The van der Waals surface area contributed by atoms with E-state index in [2.05, 4.69) is 3.77 Å². The number of hydrogen-bond acceptors (Lipinski definition) is 3. The molecule has 0 saturated heterocycles. The molecule has 3 rings (SSSR count). The molecule has 0 bridgehead atoms. The Morgan fingerprint density at radius 3 is 1.93 bits per heavy atom. The first-order chi connectivity index (χ1) is 13.2. The first-order valence-electron chi connectivity index (χ1n) is 8.26. The van der Waals surface area contributed by atoms with E-state index in [1.807, 2.05) is 0 Å². The van der Waals surface area contributed by atoms with Gasteiger partial charge in [-0.2, -0.15) is 8.42 Å². The number of benzene rings is 3. The van der Waals surface area contributed by atoms with Crippen LogP contribution >= 0.6 is 0 Å². The Hall–Kier alpha value is -2.58. The van der Waals surface area contributed by atoms with Gasteiger partial charge in [-0.25, -0.2) is 13.0 Å². The third kappa shape index (κ3) is 4.13. The average Bonchev–Trinajstić information content (AvgIpc) is 2.68. The Morgan fingerprint density at radius 1 is 0.786 bits per heavy atom. The molecule has 0 aromatic heterocycles. The Labute approximate surface area is 163 Å². The quantitative estimate of drug-likeness (QED) is 0.581. The molecule has 0 heterocycles. The van der Waals surface area contributed by atoms with Crippen molar-refractivity contribution < 1.29 is 21.4 Å². The molecule has 28 heavy (non-hydrogen) atoms. The smallest absolute Gasteiger partial charge is 0.240 e. The molecule has 4 nitrogen and oxygen atoms in total. The van der Waals surface area contributed by atoms with Crippen molar-refractivity contribution in [2.75, 3.05) is 0 Å². The van der Waals surface area contributed by atoms with Gasteiger partial charge in [0.2, 0.25) is 5.50 Å².